The molecule has 12 heteroatoms. The van der Waals surface area contributed by atoms with Gasteiger partial charge in [-0.15, -0.1) is 0 Å². The Bertz CT molecular complexity index is 1520. The average molecular weight is 564 g/mol. The lowest BCUT2D eigenvalue weighted by molar-refractivity contribution is -0.138. The van der Waals surface area contributed by atoms with Crippen LogP contribution in [0.2, 0.25) is 0 Å². The first-order valence-corrected chi connectivity index (χ1v) is 13.2. The predicted molar refractivity (Wildman–Crippen MR) is 148 cm³/mol. The lowest BCUT2D eigenvalue weighted by atomic mass is 10.0. The van der Waals surface area contributed by atoms with E-state index in [9.17, 15) is 22.8 Å². The number of carbonyl (C=O) groups excluding carboxylic acids is 2. The van der Waals surface area contributed by atoms with Gasteiger partial charge in [0.25, 0.3) is 0 Å². The van der Waals surface area contributed by atoms with Gasteiger partial charge in [0.2, 0.25) is 5.91 Å². The monoisotopic (exact) mass is 563 g/mol. The van der Waals surface area contributed by atoms with Crippen LogP contribution in [0.15, 0.2) is 48.8 Å². The molecule has 1 saturated heterocycles. The van der Waals surface area contributed by atoms with Gasteiger partial charge in [-0.2, -0.15) is 13.2 Å². The number of piperazine rings is 1. The minimum Gasteiger partial charge on any atom is -0.310 e. The molecule has 0 saturated carbocycles. The molecule has 3 N–H and O–H groups in total. The highest BCUT2D eigenvalue weighted by Crippen LogP contribution is 2.34. The number of anilines is 3. The van der Waals surface area contributed by atoms with Crippen LogP contribution in [0.5, 0.6) is 0 Å². The summed E-state index contributed by atoms with van der Waals surface area (Å²) < 4.78 is 41.7. The first-order chi connectivity index (χ1) is 19.7. The predicted octanol–water partition coefficient (Wildman–Crippen LogP) is 4.17. The van der Waals surface area contributed by atoms with E-state index in [1.54, 1.807) is 24.4 Å². The topological polar surface area (TPSA) is 102 Å². The summed E-state index contributed by atoms with van der Waals surface area (Å²) in [6.45, 7) is 6.23. The molecule has 1 aromatic carbocycles. The zero-order chi connectivity index (χ0) is 29.0. The highest BCUT2D eigenvalue weighted by molar-refractivity contribution is 5.99. The average Bonchev–Trinajstić information content (AvgIpc) is 3.32. The first kappa shape index (κ1) is 28.1. The normalized spacial score (nSPS) is 15.5. The summed E-state index contributed by atoms with van der Waals surface area (Å²) in [5.74, 6) is 6.51. The molecule has 3 amide bonds. The lowest BCUT2D eigenvalue weighted by Crippen LogP contribution is -2.45. The van der Waals surface area contributed by atoms with Crippen LogP contribution in [-0.2, 0) is 23.9 Å². The van der Waals surface area contributed by atoms with E-state index in [2.05, 4.69) is 49.6 Å². The van der Waals surface area contributed by atoms with E-state index in [1.165, 1.54) is 18.3 Å². The molecular formula is C29H28F3N7O2. The van der Waals surface area contributed by atoms with Crippen molar-refractivity contribution in [1.29, 1.82) is 0 Å². The summed E-state index contributed by atoms with van der Waals surface area (Å²) in [6.07, 6.45) is -1.30. The van der Waals surface area contributed by atoms with Crippen molar-refractivity contribution in [2.75, 3.05) is 48.7 Å². The molecule has 0 radical (unpaired) electrons. The molecule has 0 bridgehead atoms. The number of hydrogen-bond acceptors (Lipinski definition) is 6. The number of rotatable bonds is 5. The molecule has 1 fully saturated rings. The number of likely N-dealkylation sites (N-methyl/N-ethyl adjacent to an activating group) is 1. The van der Waals surface area contributed by atoms with E-state index in [0.29, 0.717) is 30.0 Å². The van der Waals surface area contributed by atoms with E-state index in [1.807, 2.05) is 4.90 Å². The van der Waals surface area contributed by atoms with Crippen LogP contribution >= 0.6 is 0 Å². The zero-order valence-corrected chi connectivity index (χ0v) is 22.3. The van der Waals surface area contributed by atoms with Gasteiger partial charge in [-0.1, -0.05) is 24.8 Å². The number of alkyl halides is 3. The second-order valence-corrected chi connectivity index (χ2v) is 9.80. The first-order valence-electron chi connectivity index (χ1n) is 13.2. The van der Waals surface area contributed by atoms with Crippen LogP contribution in [0.1, 0.15) is 34.7 Å². The van der Waals surface area contributed by atoms with E-state index < -0.39 is 17.8 Å². The molecule has 0 aliphatic carbocycles. The van der Waals surface area contributed by atoms with Crippen molar-refractivity contribution >= 4 is 29.3 Å². The Morgan fingerprint density at radius 1 is 1.00 bits per heavy atom. The van der Waals surface area contributed by atoms with Gasteiger partial charge in [0.05, 0.1) is 12.0 Å². The van der Waals surface area contributed by atoms with Gasteiger partial charge in [0.1, 0.15) is 11.6 Å². The van der Waals surface area contributed by atoms with Crippen molar-refractivity contribution in [2.45, 2.75) is 26.1 Å². The Kier molecular flexibility index (Phi) is 8.19. The van der Waals surface area contributed by atoms with Crippen LogP contribution in [0, 0.1) is 11.8 Å². The Labute approximate surface area is 235 Å². The van der Waals surface area contributed by atoms with Gasteiger partial charge < -0.3 is 15.5 Å². The Hall–Kier alpha value is -4.47. The summed E-state index contributed by atoms with van der Waals surface area (Å²) >= 11 is 0. The minimum absolute atomic E-state index is 0.0161. The summed E-state index contributed by atoms with van der Waals surface area (Å²) in [7, 11) is 0. The summed E-state index contributed by atoms with van der Waals surface area (Å²) in [5.41, 5.74) is 1.35. The molecule has 9 nitrogen and oxygen atoms in total. The number of carbonyl (C=O) groups is 2. The SMILES string of the molecule is CCN1CCN(Cc2ccc(NC(=O)Nc3cc(C#Cc4cnc5c(c4)CC(=O)N5)ccn3)cc2C(F)(F)F)CC1. The number of fused-ring (bicyclic) bond motifs is 1. The number of nitrogens with one attached hydrogen (secondary N) is 3. The molecule has 2 aromatic heterocycles. The minimum atomic E-state index is -4.57. The summed E-state index contributed by atoms with van der Waals surface area (Å²) in [5, 5.41) is 7.66. The van der Waals surface area contributed by atoms with Crippen molar-refractivity contribution in [3.8, 4) is 11.8 Å². The van der Waals surface area contributed by atoms with Crippen LogP contribution in [0.25, 0.3) is 0 Å². The molecule has 41 heavy (non-hydrogen) atoms. The molecule has 0 unspecified atom stereocenters. The second-order valence-electron chi connectivity index (χ2n) is 9.80. The maximum Gasteiger partial charge on any atom is 0.416 e. The number of nitrogens with zero attached hydrogens (tertiary/aromatic N) is 4. The molecule has 2 aliphatic rings. The van der Waals surface area contributed by atoms with Crippen LogP contribution in [0.4, 0.5) is 35.3 Å². The largest absolute Gasteiger partial charge is 0.416 e. The third-order valence-corrected chi connectivity index (χ3v) is 6.91. The second kappa shape index (κ2) is 12.0. The number of amides is 3. The van der Waals surface area contributed by atoms with Gasteiger partial charge in [0.15, 0.2) is 0 Å². The fourth-order valence-corrected chi connectivity index (χ4v) is 4.74. The number of halogens is 3. The van der Waals surface area contributed by atoms with Crippen molar-refractivity contribution in [2.24, 2.45) is 0 Å². The number of hydrogen-bond donors (Lipinski definition) is 3. The maximum absolute atomic E-state index is 13.9. The van der Waals surface area contributed by atoms with Gasteiger partial charge in [-0.05, 0) is 42.4 Å². The molecule has 2 aliphatic heterocycles. The van der Waals surface area contributed by atoms with E-state index in [-0.39, 0.29) is 35.9 Å². The number of aromatic nitrogens is 2. The fourth-order valence-electron chi connectivity index (χ4n) is 4.74. The summed E-state index contributed by atoms with van der Waals surface area (Å²) in [6, 6.07) is 8.08. The van der Waals surface area contributed by atoms with Gasteiger partial charge >= 0.3 is 12.2 Å². The van der Waals surface area contributed by atoms with Crippen molar-refractivity contribution < 1.29 is 22.8 Å². The van der Waals surface area contributed by atoms with Crippen LogP contribution < -0.4 is 16.0 Å². The molecule has 4 heterocycles. The third-order valence-electron chi connectivity index (χ3n) is 6.91. The van der Waals surface area contributed by atoms with Crippen molar-refractivity contribution in [3.05, 3.63) is 76.6 Å². The molecule has 0 spiro atoms. The summed E-state index contributed by atoms with van der Waals surface area (Å²) in [4.78, 5) is 36.7. The van der Waals surface area contributed by atoms with Crippen molar-refractivity contribution in [1.82, 2.24) is 19.8 Å². The standard InChI is InChI=1S/C29H28F3N7O2/c1-2-38-9-11-39(12-10-38)18-21-5-6-23(16-24(21)29(30,31)32)35-28(41)36-25-14-19(7-8-33-25)3-4-20-13-22-15-26(40)37-27(22)34-17-20/h5-8,13-14,16-17H,2,9-12,15,18H2,1H3,(H,34,37,40)(H2,33,35,36,41). The zero-order valence-electron chi connectivity index (χ0n) is 22.3. The molecule has 212 valence electrons. The van der Waals surface area contributed by atoms with Gasteiger partial charge in [-0.25, -0.2) is 14.8 Å². The van der Waals surface area contributed by atoms with E-state index >= 15 is 0 Å². The molecular weight excluding hydrogens is 535 g/mol. The number of benzene rings is 1. The highest BCUT2D eigenvalue weighted by atomic mass is 19.4. The van der Waals surface area contributed by atoms with Crippen LogP contribution in [-0.4, -0.2) is 64.4 Å². The molecule has 0 atom stereocenters. The van der Waals surface area contributed by atoms with E-state index in [4.69, 9.17) is 0 Å². The Balaban J connectivity index is 1.23. The fraction of sp³-hybridized carbons (Fsp3) is 0.310. The smallest absolute Gasteiger partial charge is 0.310 e. The van der Waals surface area contributed by atoms with Gasteiger partial charge in [0, 0.05) is 67.5 Å². The van der Waals surface area contributed by atoms with Crippen molar-refractivity contribution in [3.63, 3.8) is 0 Å². The highest BCUT2D eigenvalue weighted by Gasteiger charge is 2.34. The number of pyridine rings is 2. The third kappa shape index (κ3) is 7.19. The molecule has 3 aromatic rings. The maximum atomic E-state index is 13.9. The lowest BCUT2D eigenvalue weighted by Gasteiger charge is -2.34. The number of urea groups is 1. The Morgan fingerprint density at radius 2 is 1.76 bits per heavy atom. The van der Waals surface area contributed by atoms with E-state index in [0.717, 1.165) is 31.3 Å². The quantitative estimate of drug-likeness (QED) is 0.403. The van der Waals surface area contributed by atoms with Gasteiger partial charge in [-0.3, -0.25) is 15.0 Å². The van der Waals surface area contributed by atoms with Crippen LogP contribution in [0.3, 0.4) is 0 Å². The molecule has 5 rings (SSSR count). The Morgan fingerprint density at radius 3 is 2.51 bits per heavy atom.